The van der Waals surface area contributed by atoms with E-state index in [2.05, 4.69) is 23.2 Å². The van der Waals surface area contributed by atoms with E-state index in [1.54, 1.807) is 6.08 Å². The highest BCUT2D eigenvalue weighted by Crippen LogP contribution is 2.15. The average Bonchev–Trinajstić information content (AvgIpc) is 2.61. The first kappa shape index (κ1) is 18.9. The van der Waals surface area contributed by atoms with Gasteiger partial charge in [-0.05, 0) is 49.9 Å². The zero-order valence-corrected chi connectivity index (χ0v) is 15.5. The van der Waals surface area contributed by atoms with Crippen LogP contribution in [-0.2, 0) is 6.54 Å². The van der Waals surface area contributed by atoms with Crippen LogP contribution in [0.25, 0.3) is 6.08 Å². The van der Waals surface area contributed by atoms with E-state index in [9.17, 15) is 4.79 Å². The fourth-order valence-corrected chi connectivity index (χ4v) is 2.64. The van der Waals surface area contributed by atoms with Gasteiger partial charge in [0.2, 0.25) is 0 Å². The molecule has 3 nitrogen and oxygen atoms in total. The highest BCUT2D eigenvalue weighted by Gasteiger charge is 2.04. The van der Waals surface area contributed by atoms with E-state index in [-0.39, 0.29) is 5.78 Å². The molecule has 0 bridgehead atoms. The molecule has 0 aliphatic heterocycles. The molecule has 0 spiro atoms. The number of rotatable bonds is 9. The molecular weight excluding hydrogens is 308 g/mol. The van der Waals surface area contributed by atoms with Crippen molar-refractivity contribution in [3.8, 4) is 0 Å². The minimum Gasteiger partial charge on any atom is -0.385 e. The first-order valence-corrected chi connectivity index (χ1v) is 8.89. The number of carbonyl (C=O) groups is 1. The monoisotopic (exact) mass is 336 g/mol. The first-order chi connectivity index (χ1) is 12.1. The molecule has 132 valence electrons. The molecule has 0 aliphatic carbocycles. The minimum absolute atomic E-state index is 0.0267. The van der Waals surface area contributed by atoms with Gasteiger partial charge in [-0.2, -0.15) is 0 Å². The number of ketones is 1. The number of allylic oxidation sites excluding steroid dienone is 1. The molecule has 0 radical (unpaired) electrons. The maximum atomic E-state index is 12.5. The molecule has 25 heavy (non-hydrogen) atoms. The molecule has 0 unspecified atom stereocenters. The van der Waals surface area contributed by atoms with Crippen molar-refractivity contribution < 1.29 is 4.79 Å². The Morgan fingerprint density at radius 2 is 1.92 bits per heavy atom. The molecule has 0 aromatic heterocycles. The predicted octanol–water partition coefficient (Wildman–Crippen LogP) is 4.86. The number of nitrogens with zero attached hydrogens (tertiary/aromatic N) is 1. The summed E-state index contributed by atoms with van der Waals surface area (Å²) in [6.45, 7) is 3.95. The Morgan fingerprint density at radius 1 is 1.12 bits per heavy atom. The van der Waals surface area contributed by atoms with E-state index in [4.69, 9.17) is 0 Å². The maximum absolute atomic E-state index is 12.5. The molecule has 3 heteroatoms. The van der Waals surface area contributed by atoms with Gasteiger partial charge < -0.3 is 10.2 Å². The Balaban J connectivity index is 2.09. The number of hydrogen-bond donors (Lipinski definition) is 1. The fraction of sp³-hybridized carbons (Fsp3) is 0.318. The summed E-state index contributed by atoms with van der Waals surface area (Å²) < 4.78 is 0. The molecule has 2 aromatic rings. The van der Waals surface area contributed by atoms with Gasteiger partial charge >= 0.3 is 0 Å². The second-order valence-electron chi connectivity index (χ2n) is 6.50. The standard InChI is InChI=1S/C22H28N2O/c1-4-5-15-23-21-12-8-11-19(16-21)22(25)14-13-18-9-6-7-10-20(18)17-24(2)3/h6-14,16,23H,4-5,15,17H2,1-3H3. The third kappa shape index (κ3) is 6.20. The molecule has 1 N–H and O–H groups in total. The lowest BCUT2D eigenvalue weighted by atomic mass is 10.0. The summed E-state index contributed by atoms with van der Waals surface area (Å²) >= 11 is 0. The van der Waals surface area contributed by atoms with Gasteiger partial charge in [-0.25, -0.2) is 0 Å². The summed E-state index contributed by atoms with van der Waals surface area (Å²) in [6.07, 6.45) is 5.86. The van der Waals surface area contributed by atoms with Crippen LogP contribution < -0.4 is 5.32 Å². The molecular formula is C22H28N2O. The summed E-state index contributed by atoms with van der Waals surface area (Å²) in [7, 11) is 4.09. The Kier molecular flexibility index (Phi) is 7.42. The van der Waals surface area contributed by atoms with Gasteiger partial charge in [-0.1, -0.05) is 55.8 Å². The van der Waals surface area contributed by atoms with Crippen molar-refractivity contribution in [3.63, 3.8) is 0 Å². The second-order valence-corrected chi connectivity index (χ2v) is 6.50. The third-order valence-corrected chi connectivity index (χ3v) is 3.96. The van der Waals surface area contributed by atoms with Crippen molar-refractivity contribution in [2.45, 2.75) is 26.3 Å². The second kappa shape index (κ2) is 9.80. The van der Waals surface area contributed by atoms with Crippen LogP contribution in [0.15, 0.2) is 54.6 Å². The number of hydrogen-bond acceptors (Lipinski definition) is 3. The van der Waals surface area contributed by atoms with Gasteiger partial charge in [0.15, 0.2) is 5.78 Å². The largest absolute Gasteiger partial charge is 0.385 e. The molecule has 2 aromatic carbocycles. The van der Waals surface area contributed by atoms with Crippen LogP contribution in [0.1, 0.15) is 41.3 Å². The highest BCUT2D eigenvalue weighted by atomic mass is 16.1. The molecule has 0 atom stereocenters. The van der Waals surface area contributed by atoms with E-state index in [0.717, 1.165) is 37.2 Å². The zero-order valence-electron chi connectivity index (χ0n) is 15.5. The van der Waals surface area contributed by atoms with Gasteiger partial charge in [0.05, 0.1) is 0 Å². The average molecular weight is 336 g/mol. The maximum Gasteiger partial charge on any atom is 0.185 e. The van der Waals surface area contributed by atoms with Crippen LogP contribution in [0.3, 0.4) is 0 Å². The van der Waals surface area contributed by atoms with Crippen molar-refractivity contribution >= 4 is 17.5 Å². The third-order valence-electron chi connectivity index (χ3n) is 3.96. The lowest BCUT2D eigenvalue weighted by Gasteiger charge is -2.12. The number of nitrogens with one attached hydrogen (secondary N) is 1. The van der Waals surface area contributed by atoms with Crippen molar-refractivity contribution in [2.75, 3.05) is 26.0 Å². The van der Waals surface area contributed by atoms with Gasteiger partial charge in [-0.15, -0.1) is 0 Å². The molecule has 2 rings (SSSR count). The van der Waals surface area contributed by atoms with Crippen LogP contribution in [0.2, 0.25) is 0 Å². The van der Waals surface area contributed by atoms with E-state index in [1.807, 2.05) is 62.6 Å². The molecule has 0 saturated carbocycles. The van der Waals surface area contributed by atoms with Crippen molar-refractivity contribution in [1.29, 1.82) is 0 Å². The minimum atomic E-state index is 0.0267. The Bertz CT molecular complexity index is 719. The molecule has 0 fully saturated rings. The number of carbonyl (C=O) groups excluding carboxylic acids is 1. The predicted molar refractivity (Wildman–Crippen MR) is 107 cm³/mol. The fourth-order valence-electron chi connectivity index (χ4n) is 2.64. The van der Waals surface area contributed by atoms with Gasteiger partial charge in [0.25, 0.3) is 0 Å². The molecule has 0 saturated heterocycles. The lowest BCUT2D eigenvalue weighted by molar-refractivity contribution is 0.104. The Labute approximate surface area is 151 Å². The molecule has 0 heterocycles. The molecule has 0 aliphatic rings. The van der Waals surface area contributed by atoms with Gasteiger partial charge in [0.1, 0.15) is 0 Å². The summed E-state index contributed by atoms with van der Waals surface area (Å²) in [4.78, 5) is 14.6. The van der Waals surface area contributed by atoms with Crippen molar-refractivity contribution in [1.82, 2.24) is 4.90 Å². The smallest absolute Gasteiger partial charge is 0.185 e. The van der Waals surface area contributed by atoms with E-state index in [0.29, 0.717) is 5.56 Å². The van der Waals surface area contributed by atoms with Crippen LogP contribution in [0, 0.1) is 0 Å². The zero-order chi connectivity index (χ0) is 18.1. The van der Waals surface area contributed by atoms with E-state index >= 15 is 0 Å². The first-order valence-electron chi connectivity index (χ1n) is 8.89. The van der Waals surface area contributed by atoms with Crippen LogP contribution in [0.5, 0.6) is 0 Å². The summed E-state index contributed by atoms with van der Waals surface area (Å²) in [6, 6.07) is 15.9. The summed E-state index contributed by atoms with van der Waals surface area (Å²) in [5.41, 5.74) is 4.01. The number of unbranched alkanes of at least 4 members (excludes halogenated alkanes) is 1. The van der Waals surface area contributed by atoms with Gasteiger partial charge in [0, 0.05) is 24.3 Å². The van der Waals surface area contributed by atoms with Crippen LogP contribution in [-0.4, -0.2) is 31.3 Å². The lowest BCUT2D eigenvalue weighted by Crippen LogP contribution is -2.11. The normalized spacial score (nSPS) is 11.2. The summed E-state index contributed by atoms with van der Waals surface area (Å²) in [5, 5.41) is 3.36. The Hall–Kier alpha value is -2.39. The highest BCUT2D eigenvalue weighted by molar-refractivity contribution is 6.07. The summed E-state index contributed by atoms with van der Waals surface area (Å²) in [5.74, 6) is 0.0267. The topological polar surface area (TPSA) is 32.3 Å². The number of benzene rings is 2. The Morgan fingerprint density at radius 3 is 2.68 bits per heavy atom. The van der Waals surface area contributed by atoms with Crippen LogP contribution >= 0.6 is 0 Å². The quantitative estimate of drug-likeness (QED) is 0.403. The van der Waals surface area contributed by atoms with E-state index in [1.165, 1.54) is 5.56 Å². The number of anilines is 1. The van der Waals surface area contributed by atoms with Crippen molar-refractivity contribution in [2.24, 2.45) is 0 Å². The van der Waals surface area contributed by atoms with Gasteiger partial charge in [-0.3, -0.25) is 4.79 Å². The van der Waals surface area contributed by atoms with Crippen molar-refractivity contribution in [3.05, 3.63) is 71.3 Å². The van der Waals surface area contributed by atoms with Crippen LogP contribution in [0.4, 0.5) is 5.69 Å². The van der Waals surface area contributed by atoms with E-state index < -0.39 is 0 Å². The SMILES string of the molecule is CCCCNc1cccc(C(=O)C=Cc2ccccc2CN(C)C)c1. The molecule has 0 amide bonds.